The molecule has 1 aliphatic rings. The van der Waals surface area contributed by atoms with Crippen LogP contribution < -0.4 is 4.74 Å². The zero-order valence-electron chi connectivity index (χ0n) is 11.6. The standard InChI is InChI=1S/C14H12N2O4S2/c1-3-6-15-13(17)12(22-14(15)21)8-9-7-10(16(18)19)4-5-11(9)20-2/h3-5,7-8H,1,6H2,2H3/b12-8+. The Morgan fingerprint density at radius 3 is 2.86 bits per heavy atom. The van der Waals surface area contributed by atoms with Gasteiger partial charge in [0, 0.05) is 24.2 Å². The molecular weight excluding hydrogens is 324 g/mol. The van der Waals surface area contributed by atoms with Crippen LogP contribution in [0, 0.1) is 10.1 Å². The number of nitro benzene ring substituents is 1. The average molecular weight is 336 g/mol. The maximum atomic E-state index is 12.3. The van der Waals surface area contributed by atoms with Crippen molar-refractivity contribution >= 4 is 46.0 Å². The van der Waals surface area contributed by atoms with Gasteiger partial charge in [0.1, 0.15) is 10.1 Å². The van der Waals surface area contributed by atoms with Crippen molar-refractivity contribution in [1.29, 1.82) is 0 Å². The zero-order valence-corrected chi connectivity index (χ0v) is 13.3. The molecule has 1 saturated heterocycles. The number of nitro groups is 1. The summed E-state index contributed by atoms with van der Waals surface area (Å²) in [6.45, 7) is 3.91. The van der Waals surface area contributed by atoms with Gasteiger partial charge >= 0.3 is 0 Å². The molecule has 1 aromatic rings. The normalized spacial score (nSPS) is 16.2. The van der Waals surface area contributed by atoms with Crippen molar-refractivity contribution in [3.63, 3.8) is 0 Å². The smallest absolute Gasteiger partial charge is 0.270 e. The number of hydrogen-bond donors (Lipinski definition) is 0. The first-order chi connectivity index (χ1) is 10.5. The van der Waals surface area contributed by atoms with Gasteiger partial charge in [-0.25, -0.2) is 0 Å². The topological polar surface area (TPSA) is 72.7 Å². The monoisotopic (exact) mass is 336 g/mol. The quantitative estimate of drug-likeness (QED) is 0.271. The third-order valence-electron chi connectivity index (χ3n) is 2.90. The van der Waals surface area contributed by atoms with Gasteiger partial charge in [-0.05, 0) is 12.1 Å². The van der Waals surface area contributed by atoms with Gasteiger partial charge in [-0.3, -0.25) is 19.8 Å². The molecule has 0 spiro atoms. The zero-order chi connectivity index (χ0) is 16.3. The summed E-state index contributed by atoms with van der Waals surface area (Å²) in [5.74, 6) is 0.197. The van der Waals surface area contributed by atoms with Gasteiger partial charge in [-0.1, -0.05) is 30.1 Å². The van der Waals surface area contributed by atoms with E-state index >= 15 is 0 Å². The fraction of sp³-hybridized carbons (Fsp3) is 0.143. The Labute approximate surface area is 136 Å². The lowest BCUT2D eigenvalue weighted by Crippen LogP contribution is -2.27. The Hall–Kier alpha value is -2.19. The largest absolute Gasteiger partial charge is 0.496 e. The molecule has 1 heterocycles. The molecule has 0 bridgehead atoms. The highest BCUT2D eigenvalue weighted by atomic mass is 32.2. The summed E-state index contributed by atoms with van der Waals surface area (Å²) in [6.07, 6.45) is 3.13. The van der Waals surface area contributed by atoms with E-state index in [1.165, 1.54) is 30.2 Å². The van der Waals surface area contributed by atoms with Crippen LogP contribution >= 0.6 is 24.0 Å². The maximum absolute atomic E-state index is 12.3. The molecule has 114 valence electrons. The number of methoxy groups -OCH3 is 1. The molecule has 0 radical (unpaired) electrons. The second-order valence-corrected chi connectivity index (χ2v) is 5.94. The highest BCUT2D eigenvalue weighted by Crippen LogP contribution is 2.35. The van der Waals surface area contributed by atoms with E-state index in [-0.39, 0.29) is 11.6 Å². The van der Waals surface area contributed by atoms with Crippen molar-refractivity contribution in [2.75, 3.05) is 13.7 Å². The molecule has 22 heavy (non-hydrogen) atoms. The maximum Gasteiger partial charge on any atom is 0.270 e. The number of thioether (sulfide) groups is 1. The van der Waals surface area contributed by atoms with E-state index in [2.05, 4.69) is 6.58 Å². The van der Waals surface area contributed by atoms with Gasteiger partial charge in [0.05, 0.1) is 16.9 Å². The second kappa shape index (κ2) is 6.71. The molecule has 0 saturated carbocycles. The van der Waals surface area contributed by atoms with Gasteiger partial charge < -0.3 is 4.74 Å². The van der Waals surface area contributed by atoms with Crippen molar-refractivity contribution in [2.24, 2.45) is 0 Å². The SMILES string of the molecule is C=CCN1C(=O)/C(=C\c2cc([N+](=O)[O-])ccc2OC)SC1=S. The molecule has 1 amide bonds. The minimum atomic E-state index is -0.500. The Balaban J connectivity index is 2.42. The third kappa shape index (κ3) is 3.18. The minimum absolute atomic E-state index is 0.0754. The summed E-state index contributed by atoms with van der Waals surface area (Å²) in [5.41, 5.74) is 0.379. The number of amides is 1. The van der Waals surface area contributed by atoms with Crippen LogP contribution in [0.1, 0.15) is 5.56 Å². The molecular formula is C14H12N2O4S2. The van der Waals surface area contributed by atoms with Crippen LogP contribution in [-0.2, 0) is 4.79 Å². The van der Waals surface area contributed by atoms with Crippen LogP contribution in [0.15, 0.2) is 35.8 Å². The van der Waals surface area contributed by atoms with Gasteiger partial charge in [-0.15, -0.1) is 6.58 Å². The first-order valence-electron chi connectivity index (χ1n) is 6.16. The van der Waals surface area contributed by atoms with Crippen molar-refractivity contribution in [3.05, 3.63) is 51.4 Å². The summed E-state index contributed by atoms with van der Waals surface area (Å²) in [6, 6.07) is 4.20. The number of nitrogens with zero attached hydrogens (tertiary/aromatic N) is 2. The third-order valence-corrected chi connectivity index (χ3v) is 4.27. The summed E-state index contributed by atoms with van der Waals surface area (Å²) in [4.78, 5) is 24.4. The molecule has 1 fully saturated rings. The van der Waals surface area contributed by atoms with E-state index in [4.69, 9.17) is 17.0 Å². The molecule has 8 heteroatoms. The van der Waals surface area contributed by atoms with E-state index in [9.17, 15) is 14.9 Å². The summed E-state index contributed by atoms with van der Waals surface area (Å²) in [5, 5.41) is 10.9. The van der Waals surface area contributed by atoms with Gasteiger partial charge in [-0.2, -0.15) is 0 Å². The summed E-state index contributed by atoms with van der Waals surface area (Å²) in [7, 11) is 1.46. The van der Waals surface area contributed by atoms with E-state index < -0.39 is 4.92 Å². The van der Waals surface area contributed by atoms with Gasteiger partial charge in [0.2, 0.25) is 0 Å². The number of carbonyl (C=O) groups excluding carboxylic acids is 1. The number of rotatable bonds is 5. The molecule has 6 nitrogen and oxygen atoms in total. The van der Waals surface area contributed by atoms with Crippen LogP contribution in [0.25, 0.3) is 6.08 Å². The van der Waals surface area contributed by atoms with Crippen molar-refractivity contribution in [2.45, 2.75) is 0 Å². The van der Waals surface area contributed by atoms with E-state index in [1.54, 1.807) is 12.2 Å². The van der Waals surface area contributed by atoms with Crippen LogP contribution in [0.2, 0.25) is 0 Å². The van der Waals surface area contributed by atoms with E-state index in [0.29, 0.717) is 27.1 Å². The number of ether oxygens (including phenoxy) is 1. The molecule has 1 aliphatic heterocycles. The van der Waals surface area contributed by atoms with Gasteiger partial charge in [0.15, 0.2) is 0 Å². The second-order valence-electron chi connectivity index (χ2n) is 4.26. The van der Waals surface area contributed by atoms with Crippen LogP contribution in [0.4, 0.5) is 5.69 Å². The van der Waals surface area contributed by atoms with E-state index in [0.717, 1.165) is 11.8 Å². The summed E-state index contributed by atoms with van der Waals surface area (Å²) < 4.78 is 5.61. The lowest BCUT2D eigenvalue weighted by molar-refractivity contribution is -0.384. The molecule has 1 aromatic carbocycles. The Bertz CT molecular complexity index is 700. The van der Waals surface area contributed by atoms with Crippen LogP contribution in [0.3, 0.4) is 0 Å². The highest BCUT2D eigenvalue weighted by Gasteiger charge is 2.31. The molecule has 0 atom stereocenters. The number of benzene rings is 1. The van der Waals surface area contributed by atoms with Crippen molar-refractivity contribution in [3.8, 4) is 5.75 Å². The summed E-state index contributed by atoms with van der Waals surface area (Å²) >= 11 is 6.29. The minimum Gasteiger partial charge on any atom is -0.496 e. The number of hydrogen-bond acceptors (Lipinski definition) is 6. The predicted molar refractivity (Wildman–Crippen MR) is 89.7 cm³/mol. The van der Waals surface area contributed by atoms with E-state index in [1.807, 2.05) is 0 Å². The molecule has 0 unspecified atom stereocenters. The Morgan fingerprint density at radius 1 is 1.55 bits per heavy atom. The fourth-order valence-corrected chi connectivity index (χ4v) is 3.14. The van der Waals surface area contributed by atoms with Crippen LogP contribution in [0.5, 0.6) is 5.75 Å². The Morgan fingerprint density at radius 2 is 2.27 bits per heavy atom. The molecule has 0 aromatic heterocycles. The van der Waals surface area contributed by atoms with Crippen molar-refractivity contribution < 1.29 is 14.5 Å². The number of thiocarbonyl (C=S) groups is 1. The first-order valence-corrected chi connectivity index (χ1v) is 7.39. The Kier molecular flexibility index (Phi) is 4.94. The first kappa shape index (κ1) is 16.2. The number of carbonyl (C=O) groups is 1. The van der Waals surface area contributed by atoms with Crippen LogP contribution in [-0.4, -0.2) is 33.7 Å². The lowest BCUT2D eigenvalue weighted by Gasteiger charge is -2.10. The molecule has 0 aliphatic carbocycles. The lowest BCUT2D eigenvalue weighted by atomic mass is 10.1. The molecule has 2 rings (SSSR count). The van der Waals surface area contributed by atoms with Crippen molar-refractivity contribution in [1.82, 2.24) is 4.90 Å². The highest BCUT2D eigenvalue weighted by molar-refractivity contribution is 8.26. The van der Waals surface area contributed by atoms with Gasteiger partial charge in [0.25, 0.3) is 11.6 Å². The predicted octanol–water partition coefficient (Wildman–Crippen LogP) is 2.99. The molecule has 0 N–H and O–H groups in total. The fourth-order valence-electron chi connectivity index (χ4n) is 1.88. The average Bonchev–Trinajstić information content (AvgIpc) is 2.75. The number of non-ortho nitro benzene ring substituents is 1.